The van der Waals surface area contributed by atoms with E-state index in [2.05, 4.69) is 46.6 Å². The van der Waals surface area contributed by atoms with Gasteiger partial charge < -0.3 is 15.5 Å². The molecule has 1 aliphatic rings. The van der Waals surface area contributed by atoms with Crippen molar-refractivity contribution in [3.05, 3.63) is 71.4 Å². The summed E-state index contributed by atoms with van der Waals surface area (Å²) in [5, 5.41) is 7.58. The number of aromatic nitrogens is 2. The number of carbonyl (C=O) groups is 1. The van der Waals surface area contributed by atoms with Crippen LogP contribution in [-0.2, 0) is 4.79 Å². The minimum Gasteiger partial charge on any atom is -0.338 e. The van der Waals surface area contributed by atoms with Crippen LogP contribution in [0.1, 0.15) is 38.3 Å². The van der Waals surface area contributed by atoms with Gasteiger partial charge in [-0.1, -0.05) is 49.7 Å². The lowest BCUT2D eigenvalue weighted by Crippen LogP contribution is -2.45. The third-order valence-corrected chi connectivity index (χ3v) is 5.95. The molecule has 4 rings (SSSR count). The van der Waals surface area contributed by atoms with Crippen LogP contribution in [0.15, 0.2) is 60.8 Å². The van der Waals surface area contributed by atoms with Crippen molar-refractivity contribution in [3.63, 3.8) is 0 Å². The third kappa shape index (κ3) is 5.44. The second-order valence-corrected chi connectivity index (χ2v) is 8.86. The fourth-order valence-corrected chi connectivity index (χ4v) is 4.30. The number of halogens is 1. The molecule has 1 aliphatic heterocycles. The number of piperidine rings is 1. The van der Waals surface area contributed by atoms with Crippen LogP contribution in [0.25, 0.3) is 11.3 Å². The zero-order valence-electron chi connectivity index (χ0n) is 18.3. The van der Waals surface area contributed by atoms with Crippen molar-refractivity contribution in [2.45, 2.75) is 44.8 Å². The topological polar surface area (TPSA) is 70.2 Å². The molecule has 1 aromatic heterocycles. The molecule has 1 amide bonds. The van der Waals surface area contributed by atoms with E-state index in [1.165, 1.54) is 0 Å². The Balaban J connectivity index is 1.47. The smallest absolute Gasteiger partial charge is 0.227 e. The number of nitrogens with zero attached hydrogens (tertiary/aromatic N) is 3. The summed E-state index contributed by atoms with van der Waals surface area (Å²) in [5.74, 6) is 0.526. The quantitative estimate of drug-likeness (QED) is 0.485. The highest BCUT2D eigenvalue weighted by atomic mass is 35.5. The summed E-state index contributed by atoms with van der Waals surface area (Å²) in [5.41, 5.74) is 3.83. The molecule has 2 N–H and O–H groups in total. The predicted molar refractivity (Wildman–Crippen MR) is 129 cm³/mol. The van der Waals surface area contributed by atoms with Gasteiger partial charge in [-0.3, -0.25) is 4.79 Å². The lowest BCUT2D eigenvalue weighted by molar-refractivity contribution is -0.121. The first-order valence-corrected chi connectivity index (χ1v) is 11.3. The highest BCUT2D eigenvalue weighted by Gasteiger charge is 2.28. The minimum absolute atomic E-state index is 0.0797. The number of amides is 1. The zero-order valence-corrected chi connectivity index (χ0v) is 19.1. The summed E-state index contributed by atoms with van der Waals surface area (Å²) in [6.45, 7) is 5.08. The van der Waals surface area contributed by atoms with Crippen molar-refractivity contribution >= 4 is 29.6 Å². The number of carbonyl (C=O) groups excluding carboxylic acids is 1. The first-order valence-electron chi connectivity index (χ1n) is 10.9. The summed E-state index contributed by atoms with van der Waals surface area (Å²) < 4.78 is 0. The average molecular weight is 450 g/mol. The molecule has 0 aliphatic carbocycles. The largest absolute Gasteiger partial charge is 0.338 e. The Kier molecular flexibility index (Phi) is 7.02. The van der Waals surface area contributed by atoms with Crippen LogP contribution in [0.2, 0.25) is 5.02 Å². The fraction of sp³-hybridized carbons (Fsp3) is 0.320. The van der Waals surface area contributed by atoms with Crippen molar-refractivity contribution < 1.29 is 4.79 Å². The second kappa shape index (κ2) is 10.1. The van der Waals surface area contributed by atoms with Gasteiger partial charge in [0.05, 0.1) is 11.7 Å². The highest BCUT2D eigenvalue weighted by molar-refractivity contribution is 6.30. The van der Waals surface area contributed by atoms with Crippen molar-refractivity contribution in [3.8, 4) is 11.3 Å². The molecule has 1 saturated heterocycles. The van der Waals surface area contributed by atoms with Crippen LogP contribution in [0.5, 0.6) is 0 Å². The summed E-state index contributed by atoms with van der Waals surface area (Å²) in [7, 11) is 0. The molecule has 0 bridgehead atoms. The number of hydrogen-bond acceptors (Lipinski definition) is 5. The van der Waals surface area contributed by atoms with Crippen LogP contribution in [0, 0.1) is 0 Å². The molecule has 1 fully saturated rings. The molecule has 7 heteroatoms. The Morgan fingerprint density at radius 3 is 2.53 bits per heavy atom. The van der Waals surface area contributed by atoms with E-state index in [1.54, 1.807) is 6.20 Å². The maximum absolute atomic E-state index is 11.6. The van der Waals surface area contributed by atoms with Gasteiger partial charge in [0.15, 0.2) is 0 Å². The molecule has 2 unspecified atom stereocenters. The summed E-state index contributed by atoms with van der Waals surface area (Å²) >= 11 is 5.98. The van der Waals surface area contributed by atoms with Crippen LogP contribution in [0.3, 0.4) is 0 Å². The van der Waals surface area contributed by atoms with Crippen LogP contribution in [0.4, 0.5) is 11.6 Å². The number of likely N-dealkylation sites (tertiary alicyclic amines) is 1. The van der Waals surface area contributed by atoms with Crippen LogP contribution < -0.4 is 10.6 Å². The molecule has 2 heterocycles. The molecular weight excluding hydrogens is 422 g/mol. The SMILES string of the molecule is CC(C)NC1CCN(C=O)C(c2ccc(Nc3nccc(-c4ccc(Cl)cc4)n3)cc2)C1. The Labute approximate surface area is 194 Å². The van der Waals surface area contributed by atoms with Gasteiger partial charge in [-0.15, -0.1) is 0 Å². The van der Waals surface area contributed by atoms with E-state index in [0.717, 1.165) is 48.3 Å². The van der Waals surface area contributed by atoms with E-state index in [-0.39, 0.29) is 6.04 Å². The van der Waals surface area contributed by atoms with Gasteiger partial charge in [-0.2, -0.15) is 0 Å². The van der Waals surface area contributed by atoms with E-state index in [4.69, 9.17) is 11.6 Å². The van der Waals surface area contributed by atoms with E-state index >= 15 is 0 Å². The van der Waals surface area contributed by atoms with Crippen molar-refractivity contribution in [1.29, 1.82) is 0 Å². The Hall–Kier alpha value is -2.96. The average Bonchev–Trinajstić information content (AvgIpc) is 2.80. The molecular formula is C25H28ClN5O. The van der Waals surface area contributed by atoms with Crippen molar-refractivity contribution in [1.82, 2.24) is 20.2 Å². The first kappa shape index (κ1) is 22.2. The molecule has 2 atom stereocenters. The second-order valence-electron chi connectivity index (χ2n) is 8.42. The van der Waals surface area contributed by atoms with E-state index < -0.39 is 0 Å². The third-order valence-electron chi connectivity index (χ3n) is 5.70. The van der Waals surface area contributed by atoms with Gasteiger partial charge in [-0.25, -0.2) is 9.97 Å². The van der Waals surface area contributed by atoms with E-state index in [1.807, 2.05) is 47.4 Å². The molecule has 6 nitrogen and oxygen atoms in total. The molecule has 166 valence electrons. The normalized spacial score (nSPS) is 18.6. The maximum Gasteiger partial charge on any atom is 0.227 e. The molecule has 0 radical (unpaired) electrons. The lowest BCUT2D eigenvalue weighted by Gasteiger charge is -2.38. The van der Waals surface area contributed by atoms with Crippen molar-refractivity contribution in [2.24, 2.45) is 0 Å². The molecule has 32 heavy (non-hydrogen) atoms. The Morgan fingerprint density at radius 1 is 1.09 bits per heavy atom. The number of anilines is 2. The van der Waals surface area contributed by atoms with Crippen LogP contribution >= 0.6 is 11.6 Å². The molecule has 2 aromatic carbocycles. The fourth-order valence-electron chi connectivity index (χ4n) is 4.18. The zero-order chi connectivity index (χ0) is 22.5. The predicted octanol–water partition coefficient (Wildman–Crippen LogP) is 5.20. The lowest BCUT2D eigenvalue weighted by atomic mass is 9.91. The van der Waals surface area contributed by atoms with Crippen LogP contribution in [-0.4, -0.2) is 39.9 Å². The van der Waals surface area contributed by atoms with E-state index in [9.17, 15) is 4.79 Å². The van der Waals surface area contributed by atoms with Gasteiger partial charge >= 0.3 is 0 Å². The molecule has 0 saturated carbocycles. The Morgan fingerprint density at radius 2 is 1.84 bits per heavy atom. The van der Waals surface area contributed by atoms with Gasteiger partial charge in [0.25, 0.3) is 0 Å². The highest BCUT2D eigenvalue weighted by Crippen LogP contribution is 2.31. The van der Waals surface area contributed by atoms with Gasteiger partial charge in [-0.05, 0) is 48.7 Å². The van der Waals surface area contributed by atoms with Crippen molar-refractivity contribution in [2.75, 3.05) is 11.9 Å². The monoisotopic (exact) mass is 449 g/mol. The maximum atomic E-state index is 11.6. The Bertz CT molecular complexity index is 1040. The minimum atomic E-state index is 0.0797. The first-order chi connectivity index (χ1) is 15.5. The van der Waals surface area contributed by atoms with Gasteiger partial charge in [0, 0.05) is 41.1 Å². The summed E-state index contributed by atoms with van der Waals surface area (Å²) in [6, 6.07) is 18.5. The number of hydrogen-bond donors (Lipinski definition) is 2. The summed E-state index contributed by atoms with van der Waals surface area (Å²) in [4.78, 5) is 22.5. The summed E-state index contributed by atoms with van der Waals surface area (Å²) in [6.07, 6.45) is 4.60. The number of rotatable bonds is 7. The number of benzene rings is 2. The molecule has 0 spiro atoms. The number of nitrogens with one attached hydrogen (secondary N) is 2. The van der Waals surface area contributed by atoms with E-state index in [0.29, 0.717) is 23.1 Å². The standard InChI is InChI=1S/C25H28ClN5O/c1-17(2)28-22-12-14-31(16-32)24(15-22)19-5-9-21(10-6-19)29-25-27-13-11-23(30-25)18-3-7-20(26)8-4-18/h3-11,13,16-17,22,24,28H,12,14-15H2,1-2H3,(H,27,29,30). The molecule has 3 aromatic rings. The van der Waals surface area contributed by atoms with Gasteiger partial charge in [0.1, 0.15) is 0 Å². The van der Waals surface area contributed by atoms with Gasteiger partial charge in [0.2, 0.25) is 12.4 Å².